The molecular weight excluding hydrogens is 230 g/mol. The summed E-state index contributed by atoms with van der Waals surface area (Å²) in [5.41, 5.74) is -0.628. The summed E-state index contributed by atoms with van der Waals surface area (Å²) in [6.07, 6.45) is -0.00743. The summed E-state index contributed by atoms with van der Waals surface area (Å²) < 4.78 is 5.70. The van der Waals surface area contributed by atoms with Gasteiger partial charge in [0.2, 0.25) is 0 Å². The quantitative estimate of drug-likeness (QED) is 0.840. The molecule has 5 heteroatoms. The molecule has 2 rings (SSSR count). The minimum absolute atomic E-state index is 0.00743. The third-order valence-corrected chi connectivity index (χ3v) is 2.73. The van der Waals surface area contributed by atoms with Crippen molar-refractivity contribution in [2.24, 2.45) is 0 Å². The number of carboxylic acids is 1. The molecule has 2 N–H and O–H groups in total. The molecule has 0 aliphatic carbocycles. The topological polar surface area (TPSA) is 58.6 Å². The van der Waals surface area contributed by atoms with Gasteiger partial charge in [0.05, 0.1) is 6.42 Å². The molecule has 1 aliphatic heterocycles. The van der Waals surface area contributed by atoms with Crippen LogP contribution in [0.4, 0.5) is 0 Å². The zero-order valence-corrected chi connectivity index (χ0v) is 9.33. The monoisotopic (exact) mass is 241 g/mol. The van der Waals surface area contributed by atoms with Crippen LogP contribution in [0.15, 0.2) is 24.3 Å². The number of hydrogen-bond acceptors (Lipinski definition) is 3. The number of carbonyl (C=O) groups is 1. The van der Waals surface area contributed by atoms with Crippen LogP contribution < -0.4 is 10.1 Å². The average molecular weight is 242 g/mol. The predicted molar refractivity (Wildman–Crippen MR) is 59.9 cm³/mol. The molecule has 0 unspecified atom stereocenters. The van der Waals surface area contributed by atoms with E-state index in [0.29, 0.717) is 23.9 Å². The molecular formula is C11H12ClNO3. The molecule has 86 valence electrons. The number of benzene rings is 1. The summed E-state index contributed by atoms with van der Waals surface area (Å²) in [5.74, 6) is -0.251. The fourth-order valence-electron chi connectivity index (χ4n) is 1.69. The van der Waals surface area contributed by atoms with Crippen molar-refractivity contribution >= 4 is 17.6 Å². The number of carboxylic acid groups (broad SMARTS) is 1. The lowest BCUT2D eigenvalue weighted by molar-refractivity contribution is -0.143. The Morgan fingerprint density at radius 3 is 2.81 bits per heavy atom. The molecule has 0 radical (unpaired) electrons. The van der Waals surface area contributed by atoms with Crippen LogP contribution in [-0.2, 0) is 4.79 Å². The van der Waals surface area contributed by atoms with E-state index in [2.05, 4.69) is 5.32 Å². The van der Waals surface area contributed by atoms with E-state index in [4.69, 9.17) is 21.4 Å². The first-order valence-electron chi connectivity index (χ1n) is 4.97. The van der Waals surface area contributed by atoms with Gasteiger partial charge in [0.1, 0.15) is 11.4 Å². The zero-order chi connectivity index (χ0) is 11.6. The second-order valence-electron chi connectivity index (χ2n) is 3.92. The highest BCUT2D eigenvalue weighted by Gasteiger charge is 2.41. The first-order valence-corrected chi connectivity index (χ1v) is 5.35. The maximum Gasteiger partial charge on any atom is 0.307 e. The van der Waals surface area contributed by atoms with Gasteiger partial charge in [0, 0.05) is 18.1 Å². The van der Waals surface area contributed by atoms with Gasteiger partial charge in [-0.05, 0) is 18.2 Å². The molecule has 1 saturated heterocycles. The van der Waals surface area contributed by atoms with Gasteiger partial charge in [-0.1, -0.05) is 17.7 Å². The van der Waals surface area contributed by atoms with E-state index in [-0.39, 0.29) is 6.42 Å². The zero-order valence-electron chi connectivity index (χ0n) is 8.57. The molecule has 0 bridgehead atoms. The van der Waals surface area contributed by atoms with Crippen molar-refractivity contribution in [2.75, 3.05) is 13.1 Å². The Bertz CT molecular complexity index is 404. The predicted octanol–water partition coefficient (Wildman–Crippen LogP) is 1.54. The van der Waals surface area contributed by atoms with Crippen LogP contribution in [0.1, 0.15) is 6.42 Å². The lowest BCUT2D eigenvalue weighted by Gasteiger charge is -2.41. The van der Waals surface area contributed by atoms with E-state index in [9.17, 15) is 4.79 Å². The first kappa shape index (κ1) is 11.2. The Kier molecular flexibility index (Phi) is 3.03. The molecule has 0 saturated carbocycles. The molecule has 16 heavy (non-hydrogen) atoms. The van der Waals surface area contributed by atoms with Crippen LogP contribution in [0.25, 0.3) is 0 Å². The summed E-state index contributed by atoms with van der Waals surface area (Å²) in [6.45, 7) is 1.09. The Balaban J connectivity index is 2.09. The second-order valence-corrected chi connectivity index (χ2v) is 4.35. The number of ether oxygens (including phenoxy) is 1. The second kappa shape index (κ2) is 4.31. The molecule has 0 atom stereocenters. The van der Waals surface area contributed by atoms with Gasteiger partial charge in [-0.3, -0.25) is 4.79 Å². The molecule has 0 amide bonds. The number of hydrogen-bond donors (Lipinski definition) is 2. The molecule has 1 fully saturated rings. The molecule has 1 aromatic rings. The Morgan fingerprint density at radius 1 is 1.56 bits per heavy atom. The maximum absolute atomic E-state index is 10.7. The van der Waals surface area contributed by atoms with E-state index in [1.807, 2.05) is 0 Å². The van der Waals surface area contributed by atoms with Gasteiger partial charge in [0.15, 0.2) is 0 Å². The molecule has 1 heterocycles. The van der Waals surface area contributed by atoms with Crippen LogP contribution in [0.5, 0.6) is 5.75 Å². The van der Waals surface area contributed by atoms with Crippen molar-refractivity contribution in [1.29, 1.82) is 0 Å². The third kappa shape index (κ3) is 2.46. The molecule has 0 spiro atoms. The third-order valence-electron chi connectivity index (χ3n) is 2.50. The van der Waals surface area contributed by atoms with Crippen molar-refractivity contribution in [2.45, 2.75) is 12.0 Å². The summed E-state index contributed by atoms with van der Waals surface area (Å²) in [7, 11) is 0. The largest absolute Gasteiger partial charge is 0.484 e. The first-order chi connectivity index (χ1) is 7.60. The van der Waals surface area contributed by atoms with Crippen LogP contribution in [0.2, 0.25) is 5.02 Å². The Morgan fingerprint density at radius 2 is 2.31 bits per heavy atom. The average Bonchev–Trinajstić information content (AvgIpc) is 2.13. The Hall–Kier alpha value is -1.26. The van der Waals surface area contributed by atoms with E-state index < -0.39 is 11.6 Å². The highest BCUT2D eigenvalue weighted by atomic mass is 35.5. The highest BCUT2D eigenvalue weighted by Crippen LogP contribution is 2.27. The van der Waals surface area contributed by atoms with Gasteiger partial charge in [-0.15, -0.1) is 0 Å². The molecule has 1 aliphatic rings. The van der Waals surface area contributed by atoms with Gasteiger partial charge in [0.25, 0.3) is 0 Å². The van der Waals surface area contributed by atoms with E-state index in [1.165, 1.54) is 0 Å². The SMILES string of the molecule is O=C(O)CC1(Oc2cccc(Cl)c2)CNC1. The van der Waals surface area contributed by atoms with Crippen molar-refractivity contribution in [3.63, 3.8) is 0 Å². The number of aliphatic carboxylic acids is 1. The highest BCUT2D eigenvalue weighted by molar-refractivity contribution is 6.30. The van der Waals surface area contributed by atoms with Gasteiger partial charge >= 0.3 is 5.97 Å². The number of halogens is 1. The normalized spacial score (nSPS) is 17.6. The van der Waals surface area contributed by atoms with Gasteiger partial charge in [-0.25, -0.2) is 0 Å². The van der Waals surface area contributed by atoms with E-state index >= 15 is 0 Å². The van der Waals surface area contributed by atoms with Gasteiger partial charge in [-0.2, -0.15) is 0 Å². The van der Waals surface area contributed by atoms with E-state index in [1.54, 1.807) is 24.3 Å². The minimum Gasteiger partial charge on any atom is -0.484 e. The molecule has 4 nitrogen and oxygen atoms in total. The maximum atomic E-state index is 10.7. The lowest BCUT2D eigenvalue weighted by atomic mass is 9.92. The van der Waals surface area contributed by atoms with Crippen molar-refractivity contribution < 1.29 is 14.6 Å². The smallest absolute Gasteiger partial charge is 0.307 e. The number of nitrogens with one attached hydrogen (secondary N) is 1. The summed E-state index contributed by atoms with van der Waals surface area (Å²) in [5, 5.41) is 12.4. The fraction of sp³-hybridized carbons (Fsp3) is 0.364. The summed E-state index contributed by atoms with van der Waals surface area (Å²) >= 11 is 5.83. The van der Waals surface area contributed by atoms with Crippen LogP contribution in [0.3, 0.4) is 0 Å². The summed E-state index contributed by atoms with van der Waals surface area (Å²) in [6, 6.07) is 6.98. The van der Waals surface area contributed by atoms with Crippen molar-refractivity contribution in [3.05, 3.63) is 29.3 Å². The van der Waals surface area contributed by atoms with Crippen LogP contribution >= 0.6 is 11.6 Å². The van der Waals surface area contributed by atoms with Crippen LogP contribution in [-0.4, -0.2) is 29.8 Å². The lowest BCUT2D eigenvalue weighted by Crippen LogP contribution is -2.64. The standard InChI is InChI=1S/C11H12ClNO3/c12-8-2-1-3-9(4-8)16-11(5-10(14)15)6-13-7-11/h1-4,13H,5-7H2,(H,14,15). The summed E-state index contributed by atoms with van der Waals surface area (Å²) in [4.78, 5) is 10.7. The number of rotatable bonds is 4. The Labute approximate surface area is 98.2 Å². The molecule has 1 aromatic carbocycles. The van der Waals surface area contributed by atoms with Crippen molar-refractivity contribution in [1.82, 2.24) is 5.32 Å². The van der Waals surface area contributed by atoms with E-state index in [0.717, 1.165) is 0 Å². The van der Waals surface area contributed by atoms with Gasteiger partial charge < -0.3 is 15.2 Å². The minimum atomic E-state index is -0.858. The van der Waals surface area contributed by atoms with Crippen LogP contribution in [0, 0.1) is 0 Å². The fourth-order valence-corrected chi connectivity index (χ4v) is 1.87. The van der Waals surface area contributed by atoms with Crippen molar-refractivity contribution in [3.8, 4) is 5.75 Å². The molecule has 0 aromatic heterocycles.